The van der Waals surface area contributed by atoms with Crippen LogP contribution in [0.1, 0.15) is 30.5 Å². The first-order chi connectivity index (χ1) is 8.24. The third kappa shape index (κ3) is 2.76. The Bertz CT molecular complexity index is 382. The third-order valence-corrected chi connectivity index (χ3v) is 3.31. The van der Waals surface area contributed by atoms with Crippen molar-refractivity contribution in [1.29, 1.82) is 0 Å². The van der Waals surface area contributed by atoms with Crippen LogP contribution >= 0.6 is 0 Å². The zero-order valence-corrected chi connectivity index (χ0v) is 10.3. The van der Waals surface area contributed by atoms with Crippen molar-refractivity contribution in [3.05, 3.63) is 23.4 Å². The Hall–Kier alpha value is -1.13. The zero-order valence-electron chi connectivity index (χ0n) is 10.3. The van der Waals surface area contributed by atoms with E-state index in [1.807, 2.05) is 19.1 Å². The van der Waals surface area contributed by atoms with Crippen LogP contribution in [0.5, 0.6) is 0 Å². The first-order valence-corrected chi connectivity index (χ1v) is 6.20. The van der Waals surface area contributed by atoms with Gasteiger partial charge in [-0.1, -0.05) is 0 Å². The first-order valence-electron chi connectivity index (χ1n) is 6.20. The minimum atomic E-state index is 0.0357. The lowest BCUT2D eigenvalue weighted by Gasteiger charge is -2.35. The van der Waals surface area contributed by atoms with Crippen molar-refractivity contribution < 1.29 is 10.2 Å². The van der Waals surface area contributed by atoms with Crippen molar-refractivity contribution in [3.63, 3.8) is 0 Å². The topological polar surface area (TPSA) is 56.6 Å². The molecule has 17 heavy (non-hydrogen) atoms. The molecule has 1 saturated heterocycles. The quantitative estimate of drug-likeness (QED) is 0.829. The van der Waals surface area contributed by atoms with Gasteiger partial charge in [0.15, 0.2) is 0 Å². The lowest BCUT2D eigenvalue weighted by Crippen LogP contribution is -2.42. The summed E-state index contributed by atoms with van der Waals surface area (Å²) in [5.41, 5.74) is 1.79. The number of aliphatic hydroxyl groups is 2. The van der Waals surface area contributed by atoms with E-state index in [1.165, 1.54) is 6.42 Å². The number of pyridine rings is 1. The van der Waals surface area contributed by atoms with Crippen LogP contribution in [0.4, 0.5) is 5.82 Å². The highest BCUT2D eigenvalue weighted by Gasteiger charge is 2.23. The van der Waals surface area contributed by atoms with Gasteiger partial charge in [0, 0.05) is 12.2 Å². The smallest absolute Gasteiger partial charge is 0.129 e. The monoisotopic (exact) mass is 236 g/mol. The summed E-state index contributed by atoms with van der Waals surface area (Å²) in [6.45, 7) is 3.07. The van der Waals surface area contributed by atoms with E-state index in [2.05, 4.69) is 9.88 Å². The predicted molar refractivity (Wildman–Crippen MR) is 67.0 cm³/mol. The predicted octanol–water partition coefficient (Wildman–Crippen LogP) is 1.23. The molecule has 0 aromatic carbocycles. The lowest BCUT2D eigenvalue weighted by atomic mass is 10.0. The maximum atomic E-state index is 9.40. The van der Waals surface area contributed by atoms with Crippen LogP contribution in [0.3, 0.4) is 0 Å². The van der Waals surface area contributed by atoms with E-state index >= 15 is 0 Å². The Balaban J connectivity index is 2.27. The summed E-state index contributed by atoms with van der Waals surface area (Å²) in [6, 6.07) is 3.98. The molecule has 1 aliphatic heterocycles. The fourth-order valence-electron chi connectivity index (χ4n) is 2.45. The Morgan fingerprint density at radius 3 is 2.88 bits per heavy atom. The Morgan fingerprint density at radius 1 is 1.35 bits per heavy atom. The van der Waals surface area contributed by atoms with Crippen molar-refractivity contribution in [1.82, 2.24) is 4.98 Å². The number of hydrogen-bond acceptors (Lipinski definition) is 4. The molecule has 0 spiro atoms. The molecule has 1 fully saturated rings. The van der Waals surface area contributed by atoms with Gasteiger partial charge in [-0.3, -0.25) is 0 Å². The molecule has 4 heteroatoms. The van der Waals surface area contributed by atoms with Gasteiger partial charge in [0.05, 0.1) is 19.3 Å². The van der Waals surface area contributed by atoms with Gasteiger partial charge in [-0.15, -0.1) is 0 Å². The number of hydrogen-bond donors (Lipinski definition) is 2. The van der Waals surface area contributed by atoms with E-state index in [-0.39, 0.29) is 19.3 Å². The normalized spacial score (nSPS) is 20.6. The molecule has 0 saturated carbocycles. The van der Waals surface area contributed by atoms with E-state index in [4.69, 9.17) is 0 Å². The molecule has 2 N–H and O–H groups in total. The number of nitrogens with zero attached hydrogens (tertiary/aromatic N) is 2. The maximum absolute atomic E-state index is 9.40. The fourth-order valence-corrected chi connectivity index (χ4v) is 2.45. The van der Waals surface area contributed by atoms with Gasteiger partial charge in [0.25, 0.3) is 0 Å². The molecule has 1 unspecified atom stereocenters. The van der Waals surface area contributed by atoms with E-state index in [0.717, 1.165) is 36.5 Å². The van der Waals surface area contributed by atoms with Crippen LogP contribution < -0.4 is 4.90 Å². The average Bonchev–Trinajstić information content (AvgIpc) is 2.37. The number of anilines is 1. The van der Waals surface area contributed by atoms with Crippen LogP contribution in [0.2, 0.25) is 0 Å². The second kappa shape index (κ2) is 5.47. The van der Waals surface area contributed by atoms with E-state index in [0.29, 0.717) is 0 Å². The van der Waals surface area contributed by atoms with Crippen molar-refractivity contribution in [2.24, 2.45) is 0 Å². The molecule has 94 valence electrons. The second-order valence-electron chi connectivity index (χ2n) is 4.66. The van der Waals surface area contributed by atoms with Crippen molar-refractivity contribution in [2.75, 3.05) is 18.1 Å². The molecule has 1 aromatic rings. The Morgan fingerprint density at radius 2 is 2.18 bits per heavy atom. The Labute approximate surface area is 102 Å². The molecule has 1 aromatic heterocycles. The number of piperidine rings is 1. The van der Waals surface area contributed by atoms with Gasteiger partial charge in [-0.25, -0.2) is 4.98 Å². The molecular weight excluding hydrogens is 216 g/mol. The van der Waals surface area contributed by atoms with Crippen LogP contribution in [0.15, 0.2) is 12.1 Å². The summed E-state index contributed by atoms with van der Waals surface area (Å²) < 4.78 is 0. The van der Waals surface area contributed by atoms with Crippen LogP contribution in [-0.2, 0) is 6.61 Å². The summed E-state index contributed by atoms with van der Waals surface area (Å²) in [5.74, 6) is 0.882. The van der Waals surface area contributed by atoms with Crippen molar-refractivity contribution in [3.8, 4) is 0 Å². The van der Waals surface area contributed by atoms with E-state index in [9.17, 15) is 10.2 Å². The van der Waals surface area contributed by atoms with Gasteiger partial charge >= 0.3 is 0 Å². The molecular formula is C13H20N2O2. The second-order valence-corrected chi connectivity index (χ2v) is 4.66. The summed E-state index contributed by atoms with van der Waals surface area (Å²) in [6.07, 6.45) is 3.32. The summed E-state index contributed by atoms with van der Waals surface area (Å²) in [4.78, 5) is 6.67. The molecule has 0 amide bonds. The number of aromatic nitrogens is 1. The average molecular weight is 236 g/mol. The molecule has 1 atom stereocenters. The lowest BCUT2D eigenvalue weighted by molar-refractivity contribution is 0.239. The highest BCUT2D eigenvalue weighted by molar-refractivity contribution is 5.44. The summed E-state index contributed by atoms with van der Waals surface area (Å²) >= 11 is 0. The standard InChI is InChI=1S/C13H20N2O2/c1-10-6-11(8-16)7-13(14-10)15-5-3-2-4-12(15)9-17/h6-7,12,16-17H,2-5,8-9H2,1H3. The summed E-state index contributed by atoms with van der Waals surface area (Å²) in [7, 11) is 0. The number of rotatable bonds is 3. The van der Waals surface area contributed by atoms with Gasteiger partial charge < -0.3 is 15.1 Å². The minimum Gasteiger partial charge on any atom is -0.394 e. The van der Waals surface area contributed by atoms with E-state index in [1.54, 1.807) is 0 Å². The van der Waals surface area contributed by atoms with Gasteiger partial charge in [0.1, 0.15) is 5.82 Å². The third-order valence-electron chi connectivity index (χ3n) is 3.31. The van der Waals surface area contributed by atoms with Gasteiger partial charge in [-0.2, -0.15) is 0 Å². The summed E-state index contributed by atoms with van der Waals surface area (Å²) in [5, 5.41) is 18.6. The molecule has 0 radical (unpaired) electrons. The highest BCUT2D eigenvalue weighted by atomic mass is 16.3. The van der Waals surface area contributed by atoms with Crippen LogP contribution in [0.25, 0.3) is 0 Å². The SMILES string of the molecule is Cc1cc(CO)cc(N2CCCCC2CO)n1. The molecule has 0 aliphatic carbocycles. The largest absolute Gasteiger partial charge is 0.394 e. The highest BCUT2D eigenvalue weighted by Crippen LogP contribution is 2.24. The number of aliphatic hydroxyl groups excluding tert-OH is 2. The van der Waals surface area contributed by atoms with Crippen LogP contribution in [-0.4, -0.2) is 34.4 Å². The Kier molecular flexibility index (Phi) is 3.97. The number of aryl methyl sites for hydroxylation is 1. The van der Waals surface area contributed by atoms with Crippen molar-refractivity contribution >= 4 is 5.82 Å². The maximum Gasteiger partial charge on any atom is 0.129 e. The molecule has 1 aliphatic rings. The van der Waals surface area contributed by atoms with Gasteiger partial charge in [-0.05, 0) is 43.9 Å². The fraction of sp³-hybridized carbons (Fsp3) is 0.615. The van der Waals surface area contributed by atoms with Gasteiger partial charge in [0.2, 0.25) is 0 Å². The zero-order chi connectivity index (χ0) is 12.3. The van der Waals surface area contributed by atoms with E-state index < -0.39 is 0 Å². The minimum absolute atomic E-state index is 0.0357. The first kappa shape index (κ1) is 12.3. The molecule has 4 nitrogen and oxygen atoms in total. The van der Waals surface area contributed by atoms with Crippen molar-refractivity contribution in [2.45, 2.75) is 38.8 Å². The molecule has 0 bridgehead atoms. The van der Waals surface area contributed by atoms with Crippen LogP contribution in [0, 0.1) is 6.92 Å². The molecule has 2 heterocycles. The molecule has 2 rings (SSSR count).